The van der Waals surface area contributed by atoms with E-state index >= 15 is 0 Å². The summed E-state index contributed by atoms with van der Waals surface area (Å²) >= 11 is 0. The Labute approximate surface area is 91.4 Å². The Morgan fingerprint density at radius 2 is 2.07 bits per heavy atom. The summed E-state index contributed by atoms with van der Waals surface area (Å²) in [6.45, 7) is 4.87. The molecule has 0 aromatic rings. The molecule has 0 aliphatic carbocycles. The van der Waals surface area contributed by atoms with Crippen LogP contribution in [0.5, 0.6) is 0 Å². The fourth-order valence-electron chi connectivity index (χ4n) is 2.83. The minimum absolute atomic E-state index is 0.123. The number of piperidine rings is 1. The number of likely N-dealkylation sites (N-methyl/N-ethyl adjacent to an activating group) is 1. The van der Waals surface area contributed by atoms with Crippen LogP contribution in [0.3, 0.4) is 0 Å². The maximum Gasteiger partial charge on any atom is 0.239 e. The van der Waals surface area contributed by atoms with Gasteiger partial charge in [-0.3, -0.25) is 4.79 Å². The van der Waals surface area contributed by atoms with Crippen molar-refractivity contribution in [2.45, 2.75) is 31.8 Å². The molecule has 2 aliphatic heterocycles. The van der Waals surface area contributed by atoms with Crippen LogP contribution in [0.2, 0.25) is 0 Å². The molecule has 0 aromatic carbocycles. The normalized spacial score (nSPS) is 33.9. The Morgan fingerprint density at radius 3 is 2.73 bits per heavy atom. The number of amides is 1. The van der Waals surface area contributed by atoms with Crippen molar-refractivity contribution in [3.63, 3.8) is 0 Å². The quantitative estimate of drug-likeness (QED) is 0.658. The van der Waals surface area contributed by atoms with Gasteiger partial charge in [0.25, 0.3) is 0 Å². The zero-order valence-electron chi connectivity index (χ0n) is 9.65. The molecule has 2 aliphatic rings. The Balaban J connectivity index is 2.05. The van der Waals surface area contributed by atoms with Gasteiger partial charge in [-0.25, -0.2) is 0 Å². The predicted octanol–water partition coefficient (Wildman–Crippen LogP) is -0.114. The van der Waals surface area contributed by atoms with Crippen molar-refractivity contribution in [1.29, 1.82) is 0 Å². The molecule has 2 fully saturated rings. The van der Waals surface area contributed by atoms with Gasteiger partial charge in [-0.1, -0.05) is 0 Å². The highest BCUT2D eigenvalue weighted by atomic mass is 16.2. The van der Waals surface area contributed by atoms with Crippen molar-refractivity contribution in [3.05, 3.63) is 0 Å². The lowest BCUT2D eigenvalue weighted by atomic mass is 9.92. The summed E-state index contributed by atoms with van der Waals surface area (Å²) in [5, 5.41) is 0. The highest BCUT2D eigenvalue weighted by molar-refractivity contribution is 5.81. The molecule has 2 heterocycles. The van der Waals surface area contributed by atoms with Gasteiger partial charge in [0.1, 0.15) is 0 Å². The number of hydrogen-bond acceptors (Lipinski definition) is 3. The lowest BCUT2D eigenvalue weighted by Crippen LogP contribution is -2.52. The molecule has 0 spiro atoms. The van der Waals surface area contributed by atoms with Gasteiger partial charge < -0.3 is 15.5 Å². The smallest absolute Gasteiger partial charge is 0.239 e. The van der Waals surface area contributed by atoms with Crippen molar-refractivity contribution in [2.24, 2.45) is 11.7 Å². The van der Waals surface area contributed by atoms with Gasteiger partial charge in [0.15, 0.2) is 0 Å². The van der Waals surface area contributed by atoms with E-state index in [0.717, 1.165) is 19.5 Å². The van der Waals surface area contributed by atoms with Crippen LogP contribution in [-0.4, -0.2) is 54.5 Å². The molecule has 1 amide bonds. The zero-order valence-corrected chi connectivity index (χ0v) is 9.65. The summed E-state index contributed by atoms with van der Waals surface area (Å²) in [6, 6.07) is 0.0678. The summed E-state index contributed by atoms with van der Waals surface area (Å²) in [5.41, 5.74) is 5.67. The predicted molar refractivity (Wildman–Crippen MR) is 59.4 cm³/mol. The van der Waals surface area contributed by atoms with Crippen molar-refractivity contribution >= 4 is 5.91 Å². The van der Waals surface area contributed by atoms with Crippen molar-refractivity contribution in [1.82, 2.24) is 9.80 Å². The second-order valence-electron chi connectivity index (χ2n) is 4.99. The number of rotatable bonds is 1. The summed E-state index contributed by atoms with van der Waals surface area (Å²) < 4.78 is 0. The van der Waals surface area contributed by atoms with Gasteiger partial charge >= 0.3 is 0 Å². The summed E-state index contributed by atoms with van der Waals surface area (Å²) in [7, 11) is 2.13. The SMILES string of the molecule is C[C@@H](N)C(=O)N1CCC2CCN(C)CC21. The Kier molecular flexibility index (Phi) is 2.98. The number of fused-ring (bicyclic) bond motifs is 1. The molecule has 0 bridgehead atoms. The van der Waals surface area contributed by atoms with Crippen LogP contribution in [0.25, 0.3) is 0 Å². The topological polar surface area (TPSA) is 49.6 Å². The molecule has 15 heavy (non-hydrogen) atoms. The summed E-state index contributed by atoms with van der Waals surface area (Å²) in [4.78, 5) is 16.2. The van der Waals surface area contributed by atoms with E-state index in [9.17, 15) is 4.79 Å². The van der Waals surface area contributed by atoms with Crippen LogP contribution < -0.4 is 5.73 Å². The molecular weight excluding hydrogens is 190 g/mol. The van der Waals surface area contributed by atoms with Gasteiger partial charge in [0.05, 0.1) is 6.04 Å². The number of carbonyl (C=O) groups excluding carboxylic acids is 1. The molecule has 2 rings (SSSR count). The minimum Gasteiger partial charge on any atom is -0.337 e. The first-order chi connectivity index (χ1) is 7.09. The third kappa shape index (κ3) is 2.01. The molecule has 4 nitrogen and oxygen atoms in total. The largest absolute Gasteiger partial charge is 0.337 e. The first kappa shape index (κ1) is 10.9. The van der Waals surface area contributed by atoms with E-state index in [0.29, 0.717) is 12.0 Å². The van der Waals surface area contributed by atoms with E-state index in [2.05, 4.69) is 11.9 Å². The van der Waals surface area contributed by atoms with Crippen LogP contribution >= 0.6 is 0 Å². The third-order valence-electron chi connectivity index (χ3n) is 3.74. The molecule has 4 heteroatoms. The Bertz CT molecular complexity index is 254. The number of nitrogens with zero attached hydrogens (tertiary/aromatic N) is 2. The Hall–Kier alpha value is -0.610. The van der Waals surface area contributed by atoms with Crippen molar-refractivity contribution in [2.75, 3.05) is 26.7 Å². The lowest BCUT2D eigenvalue weighted by molar-refractivity contribution is -0.134. The van der Waals surface area contributed by atoms with E-state index in [1.165, 1.54) is 13.0 Å². The van der Waals surface area contributed by atoms with Crippen LogP contribution in [0.4, 0.5) is 0 Å². The zero-order chi connectivity index (χ0) is 11.0. The first-order valence-corrected chi connectivity index (χ1v) is 5.84. The van der Waals surface area contributed by atoms with Crippen molar-refractivity contribution < 1.29 is 4.79 Å². The molecular formula is C11H21N3O. The molecule has 0 aromatic heterocycles. The standard InChI is InChI=1S/C11H21N3O/c1-8(12)11(15)14-6-4-9-3-5-13(2)7-10(9)14/h8-10H,3-7,12H2,1-2H3/t8-,9?,10?/m1/s1. The van der Waals surface area contributed by atoms with Crippen LogP contribution in [-0.2, 0) is 4.79 Å². The van der Waals surface area contributed by atoms with E-state index in [1.54, 1.807) is 6.92 Å². The summed E-state index contributed by atoms with van der Waals surface area (Å²) in [6.07, 6.45) is 2.39. The fraction of sp³-hybridized carbons (Fsp3) is 0.909. The van der Waals surface area contributed by atoms with Crippen molar-refractivity contribution in [3.8, 4) is 0 Å². The fourth-order valence-corrected chi connectivity index (χ4v) is 2.83. The van der Waals surface area contributed by atoms with E-state index in [1.807, 2.05) is 4.90 Å². The number of hydrogen-bond donors (Lipinski definition) is 1. The van der Waals surface area contributed by atoms with Gasteiger partial charge in [0.2, 0.25) is 5.91 Å². The molecule has 2 unspecified atom stereocenters. The molecule has 3 atom stereocenters. The summed E-state index contributed by atoms with van der Waals surface area (Å²) in [5.74, 6) is 0.835. The van der Waals surface area contributed by atoms with Gasteiger partial charge in [0, 0.05) is 19.1 Å². The second kappa shape index (κ2) is 4.10. The first-order valence-electron chi connectivity index (χ1n) is 5.84. The minimum atomic E-state index is -0.351. The van der Waals surface area contributed by atoms with Gasteiger partial charge in [-0.15, -0.1) is 0 Å². The van der Waals surface area contributed by atoms with E-state index < -0.39 is 0 Å². The molecule has 2 saturated heterocycles. The second-order valence-corrected chi connectivity index (χ2v) is 4.99. The Morgan fingerprint density at radius 1 is 1.40 bits per heavy atom. The van der Waals surface area contributed by atoms with Crippen LogP contribution in [0.15, 0.2) is 0 Å². The number of likely N-dealkylation sites (tertiary alicyclic amines) is 2. The van der Waals surface area contributed by atoms with Gasteiger partial charge in [-0.2, -0.15) is 0 Å². The number of nitrogens with two attached hydrogens (primary N) is 1. The third-order valence-corrected chi connectivity index (χ3v) is 3.74. The molecule has 0 radical (unpaired) electrons. The monoisotopic (exact) mass is 211 g/mol. The van der Waals surface area contributed by atoms with E-state index in [-0.39, 0.29) is 11.9 Å². The maximum atomic E-state index is 11.9. The molecule has 0 saturated carbocycles. The highest BCUT2D eigenvalue weighted by Gasteiger charge is 2.40. The highest BCUT2D eigenvalue weighted by Crippen LogP contribution is 2.31. The average molecular weight is 211 g/mol. The molecule has 2 N–H and O–H groups in total. The average Bonchev–Trinajstić information content (AvgIpc) is 2.59. The van der Waals surface area contributed by atoms with E-state index in [4.69, 9.17) is 5.73 Å². The van der Waals surface area contributed by atoms with Crippen LogP contribution in [0.1, 0.15) is 19.8 Å². The van der Waals surface area contributed by atoms with Crippen LogP contribution in [0, 0.1) is 5.92 Å². The number of carbonyl (C=O) groups is 1. The maximum absolute atomic E-state index is 11.9. The molecule has 86 valence electrons. The lowest BCUT2D eigenvalue weighted by Gasteiger charge is -2.37. The van der Waals surface area contributed by atoms with Gasteiger partial charge in [-0.05, 0) is 39.3 Å².